The molecule has 0 atom stereocenters. The fourth-order valence-corrected chi connectivity index (χ4v) is 2.08. The summed E-state index contributed by atoms with van der Waals surface area (Å²) in [6, 6.07) is 2.86. The predicted octanol–water partition coefficient (Wildman–Crippen LogP) is 0.774. The second kappa shape index (κ2) is 3.16. The van der Waals surface area contributed by atoms with Crippen LogP contribution in [0.4, 0.5) is 4.39 Å². The number of imidazole rings is 1. The fraction of sp³-hybridized carbons (Fsp3) is 0. The van der Waals surface area contributed by atoms with Gasteiger partial charge in [0.1, 0.15) is 5.65 Å². The standard InChI is InChI=1S/C7H5ClFN3O2S/c8-4-1-2-5-11-6(9)7(12(5)3-4)15(10,13)14/h1-3H,(H2,10,13,14). The molecule has 0 saturated carbocycles. The Balaban J connectivity index is 2.95. The molecule has 0 fully saturated rings. The van der Waals surface area contributed by atoms with Crippen LogP contribution in [0.3, 0.4) is 0 Å². The summed E-state index contributed by atoms with van der Waals surface area (Å²) >= 11 is 5.64. The molecule has 0 amide bonds. The molecule has 2 aromatic heterocycles. The second-order valence-electron chi connectivity index (χ2n) is 2.83. The van der Waals surface area contributed by atoms with E-state index in [1.165, 1.54) is 18.3 Å². The first kappa shape index (κ1) is 10.3. The van der Waals surface area contributed by atoms with Crippen molar-refractivity contribution in [3.63, 3.8) is 0 Å². The Kier molecular flexibility index (Phi) is 2.18. The maximum Gasteiger partial charge on any atom is 0.258 e. The number of hydrogen-bond donors (Lipinski definition) is 1. The summed E-state index contributed by atoms with van der Waals surface area (Å²) in [6.07, 6.45) is 1.23. The van der Waals surface area contributed by atoms with Crippen LogP contribution >= 0.6 is 11.6 Å². The van der Waals surface area contributed by atoms with Crippen molar-refractivity contribution in [2.75, 3.05) is 0 Å². The Bertz CT molecular complexity index is 637. The molecule has 0 aliphatic rings. The molecule has 0 radical (unpaired) electrons. The topological polar surface area (TPSA) is 77.5 Å². The zero-order chi connectivity index (χ0) is 11.2. The van der Waals surface area contributed by atoms with Crippen molar-refractivity contribution in [2.45, 2.75) is 5.03 Å². The smallest absolute Gasteiger partial charge is 0.258 e. The number of halogens is 2. The van der Waals surface area contributed by atoms with Gasteiger partial charge in [-0.15, -0.1) is 0 Å². The summed E-state index contributed by atoms with van der Waals surface area (Å²) in [5.74, 6) is -1.14. The van der Waals surface area contributed by atoms with Crippen LogP contribution in [0, 0.1) is 5.95 Å². The third kappa shape index (κ3) is 1.69. The molecule has 15 heavy (non-hydrogen) atoms. The minimum absolute atomic E-state index is 0.126. The van der Waals surface area contributed by atoms with Gasteiger partial charge in [0.25, 0.3) is 16.0 Å². The molecule has 0 aromatic carbocycles. The summed E-state index contributed by atoms with van der Waals surface area (Å²) in [5.41, 5.74) is 0.126. The van der Waals surface area contributed by atoms with Crippen LogP contribution in [-0.2, 0) is 10.0 Å². The fourth-order valence-electron chi connectivity index (χ4n) is 1.22. The highest BCUT2D eigenvalue weighted by atomic mass is 35.5. The number of aromatic nitrogens is 2. The number of nitrogens with two attached hydrogens (primary N) is 1. The molecule has 8 heteroatoms. The number of hydrogen-bond acceptors (Lipinski definition) is 3. The number of rotatable bonds is 1. The van der Waals surface area contributed by atoms with E-state index in [-0.39, 0.29) is 10.7 Å². The van der Waals surface area contributed by atoms with E-state index in [1.54, 1.807) is 0 Å². The highest BCUT2D eigenvalue weighted by molar-refractivity contribution is 7.89. The summed E-state index contributed by atoms with van der Waals surface area (Å²) in [4.78, 5) is 3.40. The van der Waals surface area contributed by atoms with Crippen LogP contribution in [0.2, 0.25) is 5.02 Å². The quantitative estimate of drug-likeness (QED) is 0.811. The number of sulfonamides is 1. The maximum absolute atomic E-state index is 13.2. The van der Waals surface area contributed by atoms with Crippen molar-refractivity contribution < 1.29 is 12.8 Å². The summed E-state index contributed by atoms with van der Waals surface area (Å²) in [6.45, 7) is 0. The van der Waals surface area contributed by atoms with Crippen LogP contribution in [0.1, 0.15) is 0 Å². The summed E-state index contributed by atoms with van der Waals surface area (Å²) in [5, 5.41) is 4.41. The number of primary sulfonamides is 1. The molecular weight excluding hydrogens is 245 g/mol. The van der Waals surface area contributed by atoms with Crippen molar-refractivity contribution in [3.8, 4) is 0 Å². The lowest BCUT2D eigenvalue weighted by molar-refractivity contribution is 0.539. The lowest BCUT2D eigenvalue weighted by Gasteiger charge is -1.98. The van der Waals surface area contributed by atoms with Gasteiger partial charge in [-0.1, -0.05) is 11.6 Å². The Hall–Kier alpha value is -1.18. The molecule has 0 spiro atoms. The third-order valence-corrected chi connectivity index (χ3v) is 2.90. The lowest BCUT2D eigenvalue weighted by Crippen LogP contribution is -2.16. The van der Waals surface area contributed by atoms with Crippen molar-refractivity contribution >= 4 is 27.3 Å². The van der Waals surface area contributed by atoms with Gasteiger partial charge in [-0.2, -0.15) is 9.37 Å². The predicted molar refractivity (Wildman–Crippen MR) is 51.5 cm³/mol. The minimum Gasteiger partial charge on any atom is -0.285 e. The van der Waals surface area contributed by atoms with Gasteiger partial charge in [-0.05, 0) is 12.1 Å². The van der Waals surface area contributed by atoms with E-state index < -0.39 is 21.0 Å². The van der Waals surface area contributed by atoms with Gasteiger partial charge in [0.2, 0.25) is 5.03 Å². The van der Waals surface area contributed by atoms with Crippen molar-refractivity contribution in [2.24, 2.45) is 5.14 Å². The molecule has 5 nitrogen and oxygen atoms in total. The molecule has 0 saturated heterocycles. The van der Waals surface area contributed by atoms with E-state index in [9.17, 15) is 12.8 Å². The third-order valence-electron chi connectivity index (χ3n) is 1.77. The summed E-state index contributed by atoms with van der Waals surface area (Å²) < 4.78 is 36.3. The van der Waals surface area contributed by atoms with Gasteiger partial charge >= 0.3 is 0 Å². The Morgan fingerprint density at radius 3 is 2.73 bits per heavy atom. The largest absolute Gasteiger partial charge is 0.285 e. The van der Waals surface area contributed by atoms with Gasteiger partial charge in [0.15, 0.2) is 0 Å². The van der Waals surface area contributed by atoms with E-state index in [0.717, 1.165) is 4.40 Å². The lowest BCUT2D eigenvalue weighted by atomic mass is 10.5. The highest BCUT2D eigenvalue weighted by Crippen LogP contribution is 2.18. The number of nitrogens with zero attached hydrogens (tertiary/aromatic N) is 2. The maximum atomic E-state index is 13.2. The molecule has 2 rings (SSSR count). The first-order chi connectivity index (χ1) is 6.89. The van der Waals surface area contributed by atoms with Crippen LogP contribution in [0.5, 0.6) is 0 Å². The van der Waals surface area contributed by atoms with Crippen molar-refractivity contribution in [3.05, 3.63) is 29.3 Å². The average molecular weight is 250 g/mol. The van der Waals surface area contributed by atoms with E-state index in [0.29, 0.717) is 0 Å². The van der Waals surface area contributed by atoms with Gasteiger partial charge in [0.05, 0.1) is 5.02 Å². The van der Waals surface area contributed by atoms with E-state index in [1.807, 2.05) is 0 Å². The molecule has 80 valence electrons. The molecule has 2 heterocycles. The Morgan fingerprint density at radius 1 is 1.47 bits per heavy atom. The SMILES string of the molecule is NS(=O)(=O)c1c(F)nc2ccc(Cl)cn12. The molecule has 2 aromatic rings. The Morgan fingerprint density at radius 2 is 2.13 bits per heavy atom. The molecule has 0 unspecified atom stereocenters. The number of pyridine rings is 1. The normalized spacial score (nSPS) is 12.2. The zero-order valence-electron chi connectivity index (χ0n) is 7.18. The summed E-state index contributed by atoms with van der Waals surface area (Å²) in [7, 11) is -4.17. The van der Waals surface area contributed by atoms with E-state index >= 15 is 0 Å². The van der Waals surface area contributed by atoms with Crippen LogP contribution < -0.4 is 5.14 Å². The van der Waals surface area contributed by atoms with Crippen LogP contribution in [0.25, 0.3) is 5.65 Å². The van der Waals surface area contributed by atoms with E-state index in [2.05, 4.69) is 4.98 Å². The first-order valence-corrected chi connectivity index (χ1v) is 5.68. The first-order valence-electron chi connectivity index (χ1n) is 3.75. The van der Waals surface area contributed by atoms with Gasteiger partial charge < -0.3 is 0 Å². The molecule has 0 aliphatic carbocycles. The zero-order valence-corrected chi connectivity index (χ0v) is 8.76. The number of fused-ring (bicyclic) bond motifs is 1. The monoisotopic (exact) mass is 249 g/mol. The van der Waals surface area contributed by atoms with Crippen molar-refractivity contribution in [1.82, 2.24) is 9.38 Å². The van der Waals surface area contributed by atoms with Gasteiger partial charge in [-0.25, -0.2) is 13.6 Å². The highest BCUT2D eigenvalue weighted by Gasteiger charge is 2.21. The second-order valence-corrected chi connectivity index (χ2v) is 4.74. The average Bonchev–Trinajstić information content (AvgIpc) is 2.38. The Labute approximate surface area is 89.3 Å². The van der Waals surface area contributed by atoms with Crippen LogP contribution in [0.15, 0.2) is 23.4 Å². The molecule has 2 N–H and O–H groups in total. The minimum atomic E-state index is -4.17. The van der Waals surface area contributed by atoms with Crippen molar-refractivity contribution in [1.29, 1.82) is 0 Å². The molecular formula is C7H5ClFN3O2S. The van der Waals surface area contributed by atoms with Crippen LogP contribution in [-0.4, -0.2) is 17.8 Å². The van der Waals surface area contributed by atoms with E-state index in [4.69, 9.17) is 16.7 Å². The molecule has 0 bridgehead atoms. The van der Waals surface area contributed by atoms with Gasteiger partial charge in [-0.3, -0.25) is 4.40 Å². The molecule has 0 aliphatic heterocycles. The van der Waals surface area contributed by atoms with Gasteiger partial charge in [0, 0.05) is 6.20 Å².